The van der Waals surface area contributed by atoms with Gasteiger partial charge in [-0.2, -0.15) is 0 Å². The molecule has 152 valence electrons. The summed E-state index contributed by atoms with van der Waals surface area (Å²) in [6.45, 7) is 2.58. The maximum absolute atomic E-state index is 12.9. The molecule has 4 heteroatoms. The van der Waals surface area contributed by atoms with Crippen LogP contribution in [-0.2, 0) is 20.3 Å². The molecule has 0 bridgehead atoms. The number of hydrogen-bond acceptors (Lipinski definition) is 2. The molecular weight excluding hydrogens is 362 g/mol. The van der Waals surface area contributed by atoms with Gasteiger partial charge in [0.2, 0.25) is 0 Å². The number of fused-ring (bicyclic) bond motifs is 1. The van der Waals surface area contributed by atoms with E-state index in [-0.39, 0.29) is 5.78 Å². The minimum Gasteiger partial charge on any atom is -0.350 e. The van der Waals surface area contributed by atoms with Crippen LogP contribution in [0.1, 0.15) is 47.2 Å². The van der Waals surface area contributed by atoms with Gasteiger partial charge >= 0.3 is 0 Å². The first kappa shape index (κ1) is 19.8. The number of carbonyl (C=O) groups excluding carboxylic acids is 1. The minimum absolute atomic E-state index is 0.257. The molecule has 0 N–H and O–H groups in total. The molecule has 1 aliphatic rings. The number of Topliss-reactive ketones (excluding diaryl/α,β-unsaturated/α-hetero) is 1. The number of alkyl halides is 1. The highest BCUT2D eigenvalue weighted by Gasteiger charge is 2.21. The number of ketones is 1. The molecular formula is C25H29FN2O. The number of para-hydroxylation sites is 1. The van der Waals surface area contributed by atoms with Crippen molar-refractivity contribution in [2.24, 2.45) is 13.0 Å². The summed E-state index contributed by atoms with van der Waals surface area (Å²) < 4.78 is 14.9. The molecule has 29 heavy (non-hydrogen) atoms. The summed E-state index contributed by atoms with van der Waals surface area (Å²) in [7, 11) is 2.00. The Morgan fingerprint density at radius 3 is 2.62 bits per heavy atom. The quantitative estimate of drug-likeness (QED) is 0.495. The summed E-state index contributed by atoms with van der Waals surface area (Å²) in [6, 6.07) is 15.9. The summed E-state index contributed by atoms with van der Waals surface area (Å²) in [5.74, 6) is 0.870. The number of carbonyl (C=O) groups is 1. The zero-order valence-corrected chi connectivity index (χ0v) is 17.1. The summed E-state index contributed by atoms with van der Waals surface area (Å²) in [6.07, 6.45) is 5.82. The Balaban J connectivity index is 1.28. The Kier molecular flexibility index (Phi) is 6.10. The first-order valence-corrected chi connectivity index (χ1v) is 10.6. The van der Waals surface area contributed by atoms with Crippen LogP contribution in [0, 0.1) is 5.92 Å². The second-order valence-electron chi connectivity index (χ2n) is 8.31. The molecule has 2 heterocycles. The molecule has 1 aromatic heterocycles. The lowest BCUT2D eigenvalue weighted by Gasteiger charge is -2.32. The fourth-order valence-corrected chi connectivity index (χ4v) is 4.54. The molecule has 0 atom stereocenters. The average molecular weight is 392 g/mol. The molecule has 0 saturated carbocycles. The SMILES string of the molecule is Cn1cc(C(=O)CCC2CCN(Cc3cccc(C[18F])c3)CC2)c2ccccc21. The van der Waals surface area contributed by atoms with E-state index in [2.05, 4.69) is 17.0 Å². The van der Waals surface area contributed by atoms with Gasteiger partial charge in [-0.1, -0.05) is 42.5 Å². The zero-order chi connectivity index (χ0) is 20.2. The van der Waals surface area contributed by atoms with Gasteiger partial charge < -0.3 is 4.57 Å². The lowest BCUT2D eigenvalue weighted by atomic mass is 9.90. The van der Waals surface area contributed by atoms with E-state index in [4.69, 9.17) is 0 Å². The van der Waals surface area contributed by atoms with Gasteiger partial charge in [0.05, 0.1) is 0 Å². The van der Waals surface area contributed by atoms with E-state index in [1.807, 2.05) is 54.2 Å². The van der Waals surface area contributed by atoms with Crippen molar-refractivity contribution >= 4 is 16.7 Å². The van der Waals surface area contributed by atoms with E-state index in [0.717, 1.165) is 60.9 Å². The van der Waals surface area contributed by atoms with Crippen LogP contribution in [0.15, 0.2) is 54.7 Å². The van der Waals surface area contributed by atoms with Gasteiger partial charge in [0.15, 0.2) is 5.78 Å². The lowest BCUT2D eigenvalue weighted by molar-refractivity contribution is 0.0963. The molecule has 0 amide bonds. The predicted octanol–water partition coefficient (Wildman–Crippen LogP) is 5.52. The fourth-order valence-electron chi connectivity index (χ4n) is 4.54. The van der Waals surface area contributed by atoms with Crippen LogP contribution < -0.4 is 0 Å². The van der Waals surface area contributed by atoms with E-state index < -0.39 is 6.67 Å². The fraction of sp³-hybridized carbons (Fsp3) is 0.400. The topological polar surface area (TPSA) is 25.2 Å². The summed E-state index contributed by atoms with van der Waals surface area (Å²) >= 11 is 0. The van der Waals surface area contributed by atoms with Crippen molar-refractivity contribution in [1.82, 2.24) is 9.47 Å². The van der Waals surface area contributed by atoms with E-state index in [1.165, 1.54) is 5.56 Å². The van der Waals surface area contributed by atoms with Gasteiger partial charge in [0.25, 0.3) is 0 Å². The van der Waals surface area contributed by atoms with Crippen molar-refractivity contribution in [3.8, 4) is 0 Å². The maximum Gasteiger partial charge on any atom is 0.165 e. The highest BCUT2D eigenvalue weighted by molar-refractivity contribution is 6.08. The highest BCUT2D eigenvalue weighted by Crippen LogP contribution is 2.26. The highest BCUT2D eigenvalue weighted by atomic mass is 18.2. The molecule has 0 aliphatic carbocycles. The summed E-state index contributed by atoms with van der Waals surface area (Å²) in [4.78, 5) is 15.3. The average Bonchev–Trinajstić information content (AvgIpc) is 3.10. The normalized spacial score (nSPS) is 15.8. The van der Waals surface area contributed by atoms with E-state index in [0.29, 0.717) is 12.3 Å². The largest absolute Gasteiger partial charge is 0.350 e. The monoisotopic (exact) mass is 391 g/mol. The number of aryl methyl sites for hydroxylation is 1. The Hall–Kier alpha value is -2.46. The Morgan fingerprint density at radius 1 is 1.07 bits per heavy atom. The van der Waals surface area contributed by atoms with E-state index in [1.54, 1.807) is 0 Å². The number of rotatable bonds is 7. The van der Waals surface area contributed by atoms with Crippen molar-refractivity contribution in [3.05, 3.63) is 71.4 Å². The van der Waals surface area contributed by atoms with Crippen molar-refractivity contribution in [2.75, 3.05) is 13.1 Å². The van der Waals surface area contributed by atoms with Crippen LogP contribution in [0.2, 0.25) is 0 Å². The van der Waals surface area contributed by atoms with Gasteiger partial charge in [0, 0.05) is 42.7 Å². The third-order valence-electron chi connectivity index (χ3n) is 6.24. The maximum atomic E-state index is 12.9. The van der Waals surface area contributed by atoms with Crippen LogP contribution >= 0.6 is 0 Å². The van der Waals surface area contributed by atoms with Crippen LogP contribution in [0.4, 0.5) is 4.39 Å². The number of piperidine rings is 1. The molecule has 3 aromatic rings. The minimum atomic E-state index is -0.402. The lowest BCUT2D eigenvalue weighted by Crippen LogP contribution is -2.33. The number of likely N-dealkylation sites (tertiary alicyclic amines) is 1. The summed E-state index contributed by atoms with van der Waals surface area (Å²) in [5.41, 5.74) is 3.91. The molecule has 0 radical (unpaired) electrons. The molecule has 1 aliphatic heterocycles. The molecule has 4 rings (SSSR count). The molecule has 0 unspecified atom stereocenters. The Labute approximate surface area is 172 Å². The van der Waals surface area contributed by atoms with E-state index in [9.17, 15) is 9.18 Å². The zero-order valence-electron chi connectivity index (χ0n) is 17.1. The third-order valence-corrected chi connectivity index (χ3v) is 6.24. The molecule has 2 aromatic carbocycles. The number of aromatic nitrogens is 1. The second kappa shape index (κ2) is 8.91. The van der Waals surface area contributed by atoms with Crippen LogP contribution in [0.3, 0.4) is 0 Å². The number of nitrogens with zero attached hydrogens (tertiary/aromatic N) is 2. The van der Waals surface area contributed by atoms with Gasteiger partial charge in [-0.15, -0.1) is 0 Å². The van der Waals surface area contributed by atoms with E-state index >= 15 is 0 Å². The van der Waals surface area contributed by atoms with Crippen molar-refractivity contribution in [1.29, 1.82) is 0 Å². The molecule has 1 fully saturated rings. The second-order valence-corrected chi connectivity index (χ2v) is 8.31. The van der Waals surface area contributed by atoms with Gasteiger partial charge in [0.1, 0.15) is 6.67 Å². The number of benzene rings is 2. The van der Waals surface area contributed by atoms with Gasteiger partial charge in [-0.05, 0) is 55.5 Å². The molecule has 3 nitrogen and oxygen atoms in total. The van der Waals surface area contributed by atoms with Crippen molar-refractivity contribution < 1.29 is 9.18 Å². The van der Waals surface area contributed by atoms with Crippen LogP contribution in [0.25, 0.3) is 10.9 Å². The van der Waals surface area contributed by atoms with Gasteiger partial charge in [-0.25, -0.2) is 4.39 Å². The van der Waals surface area contributed by atoms with Crippen LogP contribution in [-0.4, -0.2) is 28.3 Å². The Bertz CT molecular complexity index is 985. The summed E-state index contributed by atoms with van der Waals surface area (Å²) in [5, 5.41) is 1.06. The predicted molar refractivity (Wildman–Crippen MR) is 116 cm³/mol. The molecule has 1 saturated heterocycles. The first-order chi connectivity index (χ1) is 14.1. The third kappa shape index (κ3) is 4.59. The van der Waals surface area contributed by atoms with Crippen LogP contribution in [0.5, 0.6) is 0 Å². The van der Waals surface area contributed by atoms with Crippen molar-refractivity contribution in [2.45, 2.75) is 38.9 Å². The van der Waals surface area contributed by atoms with Gasteiger partial charge in [-0.3, -0.25) is 9.69 Å². The van der Waals surface area contributed by atoms with Crippen molar-refractivity contribution in [3.63, 3.8) is 0 Å². The smallest absolute Gasteiger partial charge is 0.165 e. The molecule has 0 spiro atoms. The standard InChI is InChI=1S/C25H29FN2O/c1-27-18-23(22-7-2-3-8-24(22)27)25(29)10-9-19-11-13-28(14-12-19)17-21-6-4-5-20(15-21)16-26/h2-8,15,18-19H,9-14,16-17H2,1H3/i26-1. The number of halogens is 1. The Morgan fingerprint density at radius 2 is 1.83 bits per heavy atom. The first-order valence-electron chi connectivity index (χ1n) is 10.6. The number of hydrogen-bond donors (Lipinski definition) is 0.